The molecule has 0 saturated carbocycles. The van der Waals surface area contributed by atoms with Gasteiger partial charge in [-0.05, 0) is 24.6 Å². The Bertz CT molecular complexity index is 810. The van der Waals surface area contributed by atoms with Gasteiger partial charge in [-0.3, -0.25) is 9.59 Å². The van der Waals surface area contributed by atoms with Crippen molar-refractivity contribution in [3.63, 3.8) is 0 Å². The highest BCUT2D eigenvalue weighted by Crippen LogP contribution is 2.19. The van der Waals surface area contributed by atoms with Gasteiger partial charge in [0.1, 0.15) is 6.54 Å². The van der Waals surface area contributed by atoms with Crippen LogP contribution in [0.25, 0.3) is 0 Å². The fourth-order valence-corrected chi connectivity index (χ4v) is 2.87. The number of rotatable bonds is 6. The number of carbonyl (C=O) groups excluding carboxylic acids is 2. The summed E-state index contributed by atoms with van der Waals surface area (Å²) < 4.78 is 4.89. The second-order valence-corrected chi connectivity index (χ2v) is 6.21. The van der Waals surface area contributed by atoms with Crippen LogP contribution < -0.4 is 0 Å². The van der Waals surface area contributed by atoms with Gasteiger partial charge in [-0.1, -0.05) is 17.3 Å². The average Bonchev–Trinajstić information content (AvgIpc) is 3.13. The summed E-state index contributed by atoms with van der Waals surface area (Å²) >= 11 is 0. The number of hydrogen-bond acceptors (Lipinski definition) is 7. The highest BCUT2D eigenvalue weighted by molar-refractivity contribution is 6.01. The Morgan fingerprint density at radius 1 is 1.37 bits per heavy atom. The van der Waals surface area contributed by atoms with E-state index in [1.54, 1.807) is 41.3 Å². The Morgan fingerprint density at radius 2 is 2.15 bits per heavy atom. The molecule has 8 heteroatoms. The first kappa shape index (κ1) is 18.5. The first-order valence-electron chi connectivity index (χ1n) is 8.69. The zero-order valence-corrected chi connectivity index (χ0v) is 15.0. The number of carbonyl (C=O) groups is 2. The zero-order valence-electron chi connectivity index (χ0n) is 15.0. The minimum Gasteiger partial charge on any atom is -0.465 e. The van der Waals surface area contributed by atoms with Crippen LogP contribution in [0.3, 0.4) is 0 Å². The summed E-state index contributed by atoms with van der Waals surface area (Å²) in [5.41, 5.74) is 2.28. The predicted molar refractivity (Wildman–Crippen MR) is 96.2 cm³/mol. The first-order valence-corrected chi connectivity index (χ1v) is 8.69. The molecule has 2 aliphatic rings. The number of nitrogens with zero attached hydrogens (tertiary/aromatic N) is 4. The topological polar surface area (TPSA) is 95.2 Å². The van der Waals surface area contributed by atoms with Gasteiger partial charge in [0.05, 0.1) is 37.0 Å². The molecule has 2 aliphatic heterocycles. The van der Waals surface area contributed by atoms with Gasteiger partial charge in [-0.15, -0.1) is 0 Å². The van der Waals surface area contributed by atoms with Crippen LogP contribution in [0.4, 0.5) is 0 Å². The lowest BCUT2D eigenvalue weighted by Crippen LogP contribution is -2.44. The highest BCUT2D eigenvalue weighted by Gasteiger charge is 2.28. The standard InChI is InChI=1S/C19H20N4O4/c1-2-26-19(25)13-22-7-8-23(18(24)12-22)11-16-9-17(21-27-16)15-5-3-14(10-20)4-6-15/h3-8,16H,2,9,11-13H2,1H3. The zero-order chi connectivity index (χ0) is 19.2. The smallest absolute Gasteiger partial charge is 0.325 e. The lowest BCUT2D eigenvalue weighted by atomic mass is 10.0. The van der Waals surface area contributed by atoms with Gasteiger partial charge < -0.3 is 19.4 Å². The van der Waals surface area contributed by atoms with E-state index in [0.717, 1.165) is 11.3 Å². The summed E-state index contributed by atoms with van der Waals surface area (Å²) in [7, 11) is 0. The molecule has 27 heavy (non-hydrogen) atoms. The molecule has 1 atom stereocenters. The van der Waals surface area contributed by atoms with E-state index in [9.17, 15) is 9.59 Å². The van der Waals surface area contributed by atoms with Crippen molar-refractivity contribution in [1.29, 1.82) is 5.26 Å². The SMILES string of the molecule is CCOC(=O)CN1C=CN(CC2CC(c3ccc(C#N)cc3)=NO2)C(=O)C1. The van der Waals surface area contributed by atoms with Gasteiger partial charge >= 0.3 is 5.97 Å². The van der Waals surface area contributed by atoms with Crippen LogP contribution in [0.15, 0.2) is 41.8 Å². The van der Waals surface area contributed by atoms with Crippen LogP contribution in [-0.4, -0.2) is 59.7 Å². The van der Waals surface area contributed by atoms with E-state index in [1.165, 1.54) is 0 Å². The molecule has 140 valence electrons. The van der Waals surface area contributed by atoms with Crippen molar-refractivity contribution in [2.75, 3.05) is 26.2 Å². The van der Waals surface area contributed by atoms with Crippen LogP contribution in [0.2, 0.25) is 0 Å². The summed E-state index contributed by atoms with van der Waals surface area (Å²) in [4.78, 5) is 32.5. The molecule has 8 nitrogen and oxygen atoms in total. The number of hydrogen-bond donors (Lipinski definition) is 0. The van der Waals surface area contributed by atoms with Gasteiger partial charge in [0.2, 0.25) is 5.91 Å². The van der Waals surface area contributed by atoms with Crippen LogP contribution in [0, 0.1) is 11.3 Å². The van der Waals surface area contributed by atoms with Gasteiger partial charge in [0.25, 0.3) is 0 Å². The summed E-state index contributed by atoms with van der Waals surface area (Å²) in [6, 6.07) is 9.22. The molecule has 0 N–H and O–H groups in total. The summed E-state index contributed by atoms with van der Waals surface area (Å²) in [6.07, 6.45) is 3.70. The van der Waals surface area contributed by atoms with Crippen LogP contribution in [0.5, 0.6) is 0 Å². The molecule has 1 unspecified atom stereocenters. The van der Waals surface area contributed by atoms with Crippen molar-refractivity contribution in [2.24, 2.45) is 5.16 Å². The molecule has 0 radical (unpaired) electrons. The molecule has 1 amide bonds. The maximum atomic E-state index is 12.3. The van der Waals surface area contributed by atoms with E-state index in [4.69, 9.17) is 14.8 Å². The van der Waals surface area contributed by atoms with Crippen molar-refractivity contribution in [1.82, 2.24) is 9.80 Å². The lowest BCUT2D eigenvalue weighted by molar-refractivity contribution is -0.144. The molecule has 1 aromatic rings. The van der Waals surface area contributed by atoms with E-state index in [2.05, 4.69) is 11.2 Å². The quantitative estimate of drug-likeness (QED) is 0.701. The van der Waals surface area contributed by atoms with E-state index >= 15 is 0 Å². The van der Waals surface area contributed by atoms with Crippen molar-refractivity contribution < 1.29 is 19.2 Å². The van der Waals surface area contributed by atoms with Gasteiger partial charge in [-0.25, -0.2) is 0 Å². The molecule has 1 aromatic carbocycles. The highest BCUT2D eigenvalue weighted by atomic mass is 16.6. The third-order valence-electron chi connectivity index (χ3n) is 4.23. The second-order valence-electron chi connectivity index (χ2n) is 6.21. The largest absolute Gasteiger partial charge is 0.465 e. The van der Waals surface area contributed by atoms with Crippen LogP contribution in [0.1, 0.15) is 24.5 Å². The van der Waals surface area contributed by atoms with Gasteiger partial charge in [0.15, 0.2) is 6.10 Å². The monoisotopic (exact) mass is 368 g/mol. The Balaban J connectivity index is 1.52. The summed E-state index contributed by atoms with van der Waals surface area (Å²) in [5.74, 6) is -0.472. The molecular weight excluding hydrogens is 348 g/mol. The normalized spacial score (nSPS) is 18.7. The van der Waals surface area contributed by atoms with Crippen molar-refractivity contribution >= 4 is 17.6 Å². The average molecular weight is 368 g/mol. The first-order chi connectivity index (χ1) is 13.1. The third kappa shape index (κ3) is 4.64. The van der Waals surface area contributed by atoms with Crippen molar-refractivity contribution in [3.8, 4) is 6.07 Å². The molecule has 0 fully saturated rings. The Kier molecular flexibility index (Phi) is 5.71. The summed E-state index contributed by atoms with van der Waals surface area (Å²) in [6.45, 7) is 2.61. The minimum atomic E-state index is -0.358. The molecule has 2 heterocycles. The number of ether oxygens (including phenoxy) is 1. The number of nitriles is 1. The second kappa shape index (κ2) is 8.36. The van der Waals surface area contributed by atoms with Crippen LogP contribution in [-0.2, 0) is 19.2 Å². The minimum absolute atomic E-state index is 0.0514. The number of oxime groups is 1. The van der Waals surface area contributed by atoms with Gasteiger partial charge in [0, 0.05) is 18.8 Å². The van der Waals surface area contributed by atoms with Gasteiger partial charge in [-0.2, -0.15) is 5.26 Å². The Hall–Kier alpha value is -3.34. The van der Waals surface area contributed by atoms with Crippen molar-refractivity contribution in [2.45, 2.75) is 19.4 Å². The maximum Gasteiger partial charge on any atom is 0.325 e. The van der Waals surface area contributed by atoms with Crippen molar-refractivity contribution in [3.05, 3.63) is 47.8 Å². The van der Waals surface area contributed by atoms with Crippen LogP contribution >= 0.6 is 0 Å². The molecule has 0 aliphatic carbocycles. The van der Waals surface area contributed by atoms with E-state index in [-0.39, 0.29) is 31.1 Å². The third-order valence-corrected chi connectivity index (χ3v) is 4.23. The predicted octanol–water partition coefficient (Wildman–Crippen LogP) is 1.23. The fraction of sp³-hybridized carbons (Fsp3) is 0.368. The molecule has 0 spiro atoms. The maximum absolute atomic E-state index is 12.3. The lowest BCUT2D eigenvalue weighted by Gasteiger charge is -2.29. The molecule has 3 rings (SSSR count). The van der Waals surface area contributed by atoms with E-state index < -0.39 is 0 Å². The molecule has 0 saturated heterocycles. The number of amides is 1. The molecular formula is C19H20N4O4. The van der Waals surface area contributed by atoms with E-state index in [1.807, 2.05) is 12.1 Å². The number of esters is 1. The fourth-order valence-electron chi connectivity index (χ4n) is 2.87. The number of benzene rings is 1. The molecule has 0 bridgehead atoms. The Labute approximate surface area is 157 Å². The van der Waals surface area contributed by atoms with E-state index in [0.29, 0.717) is 25.1 Å². The summed E-state index contributed by atoms with van der Waals surface area (Å²) in [5, 5.41) is 13.0. The molecule has 0 aromatic heterocycles. The Morgan fingerprint density at radius 3 is 2.81 bits per heavy atom.